The van der Waals surface area contributed by atoms with E-state index in [1.54, 1.807) is 7.05 Å². The minimum atomic E-state index is -3.03. The van der Waals surface area contributed by atoms with Crippen LogP contribution in [-0.4, -0.2) is 45.2 Å². The summed E-state index contributed by atoms with van der Waals surface area (Å²) in [6.45, 7) is 5.56. The van der Waals surface area contributed by atoms with Gasteiger partial charge in [0.1, 0.15) is 0 Å². The maximum Gasteiger partial charge on any atom is 0.215 e. The van der Waals surface area contributed by atoms with E-state index in [0.29, 0.717) is 19.6 Å². The molecule has 0 rings (SSSR count). The Morgan fingerprint density at radius 1 is 1.31 bits per heavy atom. The van der Waals surface area contributed by atoms with E-state index in [9.17, 15) is 8.42 Å². The Labute approximate surface area is 81.4 Å². The second-order valence-electron chi connectivity index (χ2n) is 2.91. The van der Waals surface area contributed by atoms with Gasteiger partial charge in [0, 0.05) is 19.6 Å². The third-order valence-electron chi connectivity index (χ3n) is 1.83. The lowest BCUT2D eigenvalue weighted by atomic mass is 10.5. The zero-order valence-electron chi connectivity index (χ0n) is 8.71. The minimum absolute atomic E-state index is 0.192. The molecule has 0 amide bonds. The third-order valence-corrected chi connectivity index (χ3v) is 3.78. The average molecular weight is 208 g/mol. The fourth-order valence-corrected chi connectivity index (χ4v) is 2.68. The van der Waals surface area contributed by atoms with E-state index in [2.05, 4.69) is 5.32 Å². The molecule has 0 aliphatic carbocycles. The van der Waals surface area contributed by atoms with E-state index < -0.39 is 10.0 Å². The number of rotatable bonds is 7. The summed E-state index contributed by atoms with van der Waals surface area (Å²) in [5.41, 5.74) is 0. The predicted octanol–water partition coefficient (Wildman–Crippen LogP) is 0.268. The first kappa shape index (κ1) is 12.9. The maximum atomic E-state index is 11.6. The molecule has 1 N–H and O–H groups in total. The topological polar surface area (TPSA) is 49.4 Å². The second-order valence-corrected chi connectivity index (χ2v) is 5.00. The van der Waals surface area contributed by atoms with Crippen LogP contribution >= 0.6 is 0 Å². The van der Waals surface area contributed by atoms with Crippen LogP contribution in [0.1, 0.15) is 20.3 Å². The summed E-state index contributed by atoms with van der Waals surface area (Å²) in [5, 5.41) is 2.84. The van der Waals surface area contributed by atoms with Crippen molar-refractivity contribution in [2.24, 2.45) is 0 Å². The smallest absolute Gasteiger partial charge is 0.215 e. The zero-order valence-corrected chi connectivity index (χ0v) is 9.52. The molecule has 0 aliphatic rings. The van der Waals surface area contributed by atoms with Crippen LogP contribution in [0.25, 0.3) is 0 Å². The highest BCUT2D eigenvalue weighted by Crippen LogP contribution is 2.01. The molecule has 13 heavy (non-hydrogen) atoms. The van der Waals surface area contributed by atoms with Crippen LogP contribution in [0.4, 0.5) is 0 Å². The third kappa shape index (κ3) is 4.59. The molecule has 0 saturated heterocycles. The van der Waals surface area contributed by atoms with E-state index in [0.717, 1.165) is 6.42 Å². The van der Waals surface area contributed by atoms with Gasteiger partial charge in [0.15, 0.2) is 0 Å². The molecular weight excluding hydrogens is 188 g/mol. The molecule has 5 heteroatoms. The number of nitrogens with zero attached hydrogens (tertiary/aromatic N) is 1. The Bertz CT molecular complexity index is 214. The molecule has 0 aromatic carbocycles. The lowest BCUT2D eigenvalue weighted by Gasteiger charge is -2.19. The first-order valence-corrected chi connectivity index (χ1v) is 6.31. The number of hydrogen-bond donors (Lipinski definition) is 1. The quantitative estimate of drug-likeness (QED) is 0.653. The number of hydrogen-bond acceptors (Lipinski definition) is 3. The highest BCUT2D eigenvalue weighted by Gasteiger charge is 2.18. The van der Waals surface area contributed by atoms with Crippen molar-refractivity contribution in [3.8, 4) is 0 Å². The van der Waals surface area contributed by atoms with Gasteiger partial charge in [0.05, 0.1) is 5.75 Å². The fourth-order valence-electron chi connectivity index (χ4n) is 1.10. The molecule has 0 unspecified atom stereocenters. The molecule has 0 fully saturated rings. The molecule has 0 heterocycles. The van der Waals surface area contributed by atoms with Crippen LogP contribution in [0, 0.1) is 0 Å². The lowest BCUT2D eigenvalue weighted by molar-refractivity contribution is 0.426. The SMILES string of the molecule is CCCN(CC)S(=O)(=O)CCNC. The fraction of sp³-hybridized carbons (Fsp3) is 1.00. The van der Waals surface area contributed by atoms with E-state index in [1.807, 2.05) is 13.8 Å². The van der Waals surface area contributed by atoms with Crippen molar-refractivity contribution in [3.05, 3.63) is 0 Å². The van der Waals surface area contributed by atoms with Crippen LogP contribution in [0.3, 0.4) is 0 Å². The van der Waals surface area contributed by atoms with Gasteiger partial charge in [-0.2, -0.15) is 0 Å². The van der Waals surface area contributed by atoms with Gasteiger partial charge in [-0.15, -0.1) is 0 Å². The molecule has 0 aromatic heterocycles. The summed E-state index contributed by atoms with van der Waals surface area (Å²) in [6.07, 6.45) is 0.868. The van der Waals surface area contributed by atoms with Gasteiger partial charge in [-0.1, -0.05) is 13.8 Å². The Morgan fingerprint density at radius 2 is 1.92 bits per heavy atom. The molecule has 0 radical (unpaired) electrons. The van der Waals surface area contributed by atoms with Crippen LogP contribution < -0.4 is 5.32 Å². The van der Waals surface area contributed by atoms with E-state index >= 15 is 0 Å². The van der Waals surface area contributed by atoms with E-state index in [-0.39, 0.29) is 5.75 Å². The molecule has 80 valence electrons. The van der Waals surface area contributed by atoms with Crippen molar-refractivity contribution >= 4 is 10.0 Å². The van der Waals surface area contributed by atoms with Gasteiger partial charge in [-0.3, -0.25) is 0 Å². The Hall–Kier alpha value is -0.130. The Morgan fingerprint density at radius 3 is 2.31 bits per heavy atom. The summed E-state index contributed by atoms with van der Waals surface area (Å²) >= 11 is 0. The van der Waals surface area contributed by atoms with Crippen LogP contribution in [0.5, 0.6) is 0 Å². The minimum Gasteiger partial charge on any atom is -0.319 e. The number of nitrogens with one attached hydrogen (secondary N) is 1. The van der Waals surface area contributed by atoms with Crippen molar-refractivity contribution in [3.63, 3.8) is 0 Å². The largest absolute Gasteiger partial charge is 0.319 e. The molecule has 0 spiro atoms. The monoisotopic (exact) mass is 208 g/mol. The average Bonchev–Trinajstić information content (AvgIpc) is 2.10. The highest BCUT2D eigenvalue weighted by molar-refractivity contribution is 7.89. The summed E-state index contributed by atoms with van der Waals surface area (Å²) in [7, 11) is -1.27. The molecule has 0 atom stereocenters. The van der Waals surface area contributed by atoms with Crippen LogP contribution in [0.2, 0.25) is 0 Å². The first-order valence-electron chi connectivity index (χ1n) is 4.70. The van der Waals surface area contributed by atoms with Crippen molar-refractivity contribution in [1.82, 2.24) is 9.62 Å². The Kier molecular flexibility index (Phi) is 6.28. The summed E-state index contributed by atoms with van der Waals surface area (Å²) < 4.78 is 24.7. The van der Waals surface area contributed by atoms with Gasteiger partial charge in [0.25, 0.3) is 0 Å². The van der Waals surface area contributed by atoms with E-state index in [1.165, 1.54) is 4.31 Å². The van der Waals surface area contributed by atoms with Crippen molar-refractivity contribution in [2.75, 3.05) is 32.4 Å². The van der Waals surface area contributed by atoms with Gasteiger partial charge in [0.2, 0.25) is 10.0 Å². The predicted molar refractivity (Wildman–Crippen MR) is 55.3 cm³/mol. The van der Waals surface area contributed by atoms with Gasteiger partial charge >= 0.3 is 0 Å². The van der Waals surface area contributed by atoms with Crippen molar-refractivity contribution in [2.45, 2.75) is 20.3 Å². The standard InChI is InChI=1S/C8H20N2O2S/c1-4-7-10(5-2)13(11,12)8-6-9-3/h9H,4-8H2,1-3H3. The molecule has 0 saturated carbocycles. The number of sulfonamides is 1. The summed E-state index contributed by atoms with van der Waals surface area (Å²) in [6, 6.07) is 0. The normalized spacial score (nSPS) is 12.3. The second kappa shape index (κ2) is 6.34. The molecule has 0 aromatic rings. The van der Waals surface area contributed by atoms with Crippen molar-refractivity contribution < 1.29 is 8.42 Å². The van der Waals surface area contributed by atoms with Gasteiger partial charge in [-0.25, -0.2) is 12.7 Å². The summed E-state index contributed by atoms with van der Waals surface area (Å²) in [4.78, 5) is 0. The van der Waals surface area contributed by atoms with Gasteiger partial charge in [-0.05, 0) is 13.5 Å². The molecule has 0 bridgehead atoms. The highest BCUT2D eigenvalue weighted by atomic mass is 32.2. The van der Waals surface area contributed by atoms with Crippen LogP contribution in [-0.2, 0) is 10.0 Å². The lowest BCUT2D eigenvalue weighted by Crippen LogP contribution is -2.36. The van der Waals surface area contributed by atoms with Gasteiger partial charge < -0.3 is 5.32 Å². The molecular formula is C8H20N2O2S. The maximum absolute atomic E-state index is 11.6. The first-order chi connectivity index (χ1) is 6.08. The van der Waals surface area contributed by atoms with E-state index in [4.69, 9.17) is 0 Å². The Balaban J connectivity index is 4.21. The molecule has 0 aliphatic heterocycles. The van der Waals surface area contributed by atoms with Crippen LogP contribution in [0.15, 0.2) is 0 Å². The molecule has 4 nitrogen and oxygen atoms in total. The zero-order chi connectivity index (χ0) is 10.3. The van der Waals surface area contributed by atoms with Crippen molar-refractivity contribution in [1.29, 1.82) is 0 Å². The summed E-state index contributed by atoms with van der Waals surface area (Å²) in [5.74, 6) is 0.192.